The highest BCUT2D eigenvalue weighted by Crippen LogP contribution is 2.20. The number of hydrogen-bond donors (Lipinski definition) is 2. The topological polar surface area (TPSA) is 110 Å². The number of nitrogens with one attached hydrogen (secondary N) is 2. The molecule has 0 saturated carbocycles. The molecule has 0 fully saturated rings. The van der Waals surface area contributed by atoms with Crippen molar-refractivity contribution in [3.63, 3.8) is 0 Å². The Labute approximate surface area is 110 Å². The zero-order chi connectivity index (χ0) is 14.0. The van der Waals surface area contributed by atoms with E-state index >= 15 is 0 Å². The number of ether oxygens (including phenoxy) is 1. The van der Waals surface area contributed by atoms with Gasteiger partial charge in [-0.1, -0.05) is 0 Å². The lowest BCUT2D eigenvalue weighted by molar-refractivity contribution is 0.380. The minimum atomic E-state index is -3.72. The Kier molecular flexibility index (Phi) is 3.38. The van der Waals surface area contributed by atoms with E-state index in [-0.39, 0.29) is 16.6 Å². The number of H-pyrrole nitrogens is 1. The number of methoxy groups -OCH3 is 1. The second-order valence-electron chi connectivity index (χ2n) is 3.83. The molecule has 8 nitrogen and oxygen atoms in total. The highest BCUT2D eigenvalue weighted by Gasteiger charge is 2.22. The molecule has 2 N–H and O–H groups in total. The lowest BCUT2D eigenvalue weighted by Gasteiger charge is -2.07. The van der Waals surface area contributed by atoms with Crippen molar-refractivity contribution < 1.29 is 13.2 Å². The fourth-order valence-electron chi connectivity index (χ4n) is 1.62. The first-order valence-corrected chi connectivity index (χ1v) is 6.83. The molecule has 102 valence electrons. The van der Waals surface area contributed by atoms with Crippen LogP contribution in [0.4, 0.5) is 5.69 Å². The third-order valence-electron chi connectivity index (χ3n) is 2.39. The first-order chi connectivity index (χ1) is 8.94. The Hall–Kier alpha value is -2.16. The van der Waals surface area contributed by atoms with Crippen LogP contribution in [0.2, 0.25) is 0 Å². The van der Waals surface area contributed by atoms with Gasteiger partial charge in [-0.2, -0.15) is 5.10 Å². The van der Waals surface area contributed by atoms with Crippen LogP contribution in [0.5, 0.6) is 6.01 Å². The summed E-state index contributed by atoms with van der Waals surface area (Å²) in [6.45, 7) is 3.25. The molecule has 0 aliphatic rings. The highest BCUT2D eigenvalue weighted by molar-refractivity contribution is 7.92. The van der Waals surface area contributed by atoms with Gasteiger partial charge in [0.05, 0.1) is 36.6 Å². The molecule has 0 radical (unpaired) electrons. The second-order valence-corrected chi connectivity index (χ2v) is 5.45. The van der Waals surface area contributed by atoms with Crippen molar-refractivity contribution >= 4 is 15.7 Å². The number of aromatic nitrogens is 4. The van der Waals surface area contributed by atoms with Crippen molar-refractivity contribution in [1.82, 2.24) is 20.2 Å². The summed E-state index contributed by atoms with van der Waals surface area (Å²) in [7, 11) is -2.29. The van der Waals surface area contributed by atoms with Gasteiger partial charge in [0.15, 0.2) is 0 Å². The molecule has 2 rings (SSSR count). The number of sulfonamides is 1. The molecule has 0 aromatic carbocycles. The summed E-state index contributed by atoms with van der Waals surface area (Å²) in [5.41, 5.74) is 1.12. The number of aryl methyl sites for hydroxylation is 2. The quantitative estimate of drug-likeness (QED) is 0.851. The van der Waals surface area contributed by atoms with Crippen LogP contribution >= 0.6 is 0 Å². The summed E-state index contributed by atoms with van der Waals surface area (Å²) in [5, 5.41) is 6.48. The van der Waals surface area contributed by atoms with Crippen LogP contribution in [0.3, 0.4) is 0 Å². The highest BCUT2D eigenvalue weighted by atomic mass is 32.2. The predicted molar refractivity (Wildman–Crippen MR) is 67.5 cm³/mol. The molecule has 0 atom stereocenters. The van der Waals surface area contributed by atoms with E-state index in [4.69, 9.17) is 4.74 Å². The summed E-state index contributed by atoms with van der Waals surface area (Å²) < 4.78 is 31.6. The van der Waals surface area contributed by atoms with Crippen LogP contribution in [0, 0.1) is 13.8 Å². The lowest BCUT2D eigenvalue weighted by Crippen LogP contribution is -2.15. The minimum Gasteiger partial charge on any atom is -0.467 e. The molecule has 0 amide bonds. The number of hydrogen-bond acceptors (Lipinski definition) is 6. The molecule has 0 bridgehead atoms. The van der Waals surface area contributed by atoms with Gasteiger partial charge >= 0.3 is 6.01 Å². The van der Waals surface area contributed by atoms with Gasteiger partial charge in [0, 0.05) is 0 Å². The first kappa shape index (κ1) is 13.3. The van der Waals surface area contributed by atoms with Crippen LogP contribution in [0.1, 0.15) is 11.4 Å². The van der Waals surface area contributed by atoms with Crippen LogP contribution in [-0.4, -0.2) is 35.7 Å². The smallest absolute Gasteiger partial charge is 0.316 e. The Morgan fingerprint density at radius 1 is 1.26 bits per heavy atom. The maximum absolute atomic E-state index is 12.2. The number of anilines is 1. The number of nitrogens with zero attached hydrogens (tertiary/aromatic N) is 3. The summed E-state index contributed by atoms with van der Waals surface area (Å²) in [4.78, 5) is 7.78. The zero-order valence-electron chi connectivity index (χ0n) is 10.6. The normalized spacial score (nSPS) is 11.3. The standard InChI is InChI=1S/C10H13N5O3S/c1-6-9(7(2)14-13-6)19(16,17)15-8-4-11-10(18-3)12-5-8/h4-5,15H,1-3H3,(H,13,14). The van der Waals surface area contributed by atoms with E-state index in [2.05, 4.69) is 24.9 Å². The van der Waals surface area contributed by atoms with Crippen molar-refractivity contribution in [1.29, 1.82) is 0 Å². The van der Waals surface area contributed by atoms with Crippen molar-refractivity contribution in [3.8, 4) is 6.01 Å². The fraction of sp³-hybridized carbons (Fsp3) is 0.300. The average molecular weight is 283 g/mol. The van der Waals surface area contributed by atoms with Gasteiger partial charge in [-0.25, -0.2) is 18.4 Å². The molecule has 0 aliphatic carbocycles. The molecule has 0 aliphatic heterocycles. The van der Waals surface area contributed by atoms with E-state index < -0.39 is 10.0 Å². The number of rotatable bonds is 4. The van der Waals surface area contributed by atoms with Gasteiger partial charge in [-0.05, 0) is 13.8 Å². The molecule has 0 saturated heterocycles. The van der Waals surface area contributed by atoms with Crippen LogP contribution < -0.4 is 9.46 Å². The Bertz CT molecular complexity index is 658. The van der Waals surface area contributed by atoms with Gasteiger partial charge in [0.1, 0.15) is 4.90 Å². The number of aromatic amines is 1. The van der Waals surface area contributed by atoms with Gasteiger partial charge in [-0.15, -0.1) is 0 Å². The SMILES string of the molecule is COc1ncc(NS(=O)(=O)c2c(C)n[nH]c2C)cn1. The summed E-state index contributed by atoms with van der Waals surface area (Å²) in [5.74, 6) is 0. The third-order valence-corrected chi connectivity index (χ3v) is 4.04. The van der Waals surface area contributed by atoms with Crippen LogP contribution in [0.25, 0.3) is 0 Å². The predicted octanol–water partition coefficient (Wildman–Crippen LogP) is 0.626. The van der Waals surface area contributed by atoms with Crippen LogP contribution in [0.15, 0.2) is 17.3 Å². The van der Waals surface area contributed by atoms with E-state index in [9.17, 15) is 8.42 Å². The van der Waals surface area contributed by atoms with E-state index in [0.717, 1.165) is 0 Å². The van der Waals surface area contributed by atoms with Gasteiger partial charge in [0.2, 0.25) is 0 Å². The van der Waals surface area contributed by atoms with E-state index in [1.54, 1.807) is 13.8 Å². The molecule has 2 aromatic rings. The molecule has 2 aromatic heterocycles. The first-order valence-electron chi connectivity index (χ1n) is 5.34. The Morgan fingerprint density at radius 2 is 1.89 bits per heavy atom. The maximum atomic E-state index is 12.2. The summed E-state index contributed by atoms with van der Waals surface area (Å²) in [6, 6.07) is 0.165. The molecular formula is C10H13N5O3S. The second kappa shape index (κ2) is 4.84. The van der Waals surface area contributed by atoms with Crippen LogP contribution in [-0.2, 0) is 10.0 Å². The summed E-state index contributed by atoms with van der Waals surface area (Å²) in [6.07, 6.45) is 2.66. The van der Waals surface area contributed by atoms with Crippen molar-refractivity contribution in [2.45, 2.75) is 18.7 Å². The summed E-state index contributed by atoms with van der Waals surface area (Å²) >= 11 is 0. The molecular weight excluding hydrogens is 270 g/mol. The maximum Gasteiger partial charge on any atom is 0.316 e. The van der Waals surface area contributed by atoms with E-state index in [1.165, 1.54) is 19.5 Å². The fourth-order valence-corrected chi connectivity index (χ4v) is 3.02. The minimum absolute atomic E-state index is 0.128. The van der Waals surface area contributed by atoms with E-state index in [0.29, 0.717) is 11.4 Å². The third kappa shape index (κ3) is 2.65. The van der Waals surface area contributed by atoms with Crippen molar-refractivity contribution in [2.75, 3.05) is 11.8 Å². The Balaban J connectivity index is 2.31. The van der Waals surface area contributed by atoms with Gasteiger partial charge < -0.3 is 4.74 Å². The molecule has 19 heavy (non-hydrogen) atoms. The zero-order valence-corrected chi connectivity index (χ0v) is 11.4. The lowest BCUT2D eigenvalue weighted by atomic mass is 10.4. The average Bonchev–Trinajstić information content (AvgIpc) is 2.70. The van der Waals surface area contributed by atoms with Gasteiger partial charge in [0.25, 0.3) is 10.0 Å². The van der Waals surface area contributed by atoms with Crippen molar-refractivity contribution in [3.05, 3.63) is 23.8 Å². The molecule has 9 heteroatoms. The van der Waals surface area contributed by atoms with Crippen molar-refractivity contribution in [2.24, 2.45) is 0 Å². The monoisotopic (exact) mass is 283 g/mol. The van der Waals surface area contributed by atoms with E-state index in [1.807, 2.05) is 0 Å². The molecule has 0 spiro atoms. The van der Waals surface area contributed by atoms with Gasteiger partial charge in [-0.3, -0.25) is 9.82 Å². The molecule has 0 unspecified atom stereocenters. The largest absolute Gasteiger partial charge is 0.467 e. The molecule has 2 heterocycles. The Morgan fingerprint density at radius 3 is 2.37 bits per heavy atom.